The Kier molecular flexibility index (Phi) is 3.88. The van der Waals surface area contributed by atoms with E-state index >= 15 is 0 Å². The van der Waals surface area contributed by atoms with Crippen LogP contribution in [0, 0.1) is 11.2 Å². The van der Waals surface area contributed by atoms with Crippen molar-refractivity contribution in [2.75, 3.05) is 11.9 Å². The van der Waals surface area contributed by atoms with Gasteiger partial charge in [-0.15, -0.1) is 0 Å². The number of carbonyl (C=O) groups excluding carboxylic acids is 1. The molecule has 0 heterocycles. The van der Waals surface area contributed by atoms with Gasteiger partial charge in [0.2, 0.25) is 5.91 Å². The van der Waals surface area contributed by atoms with Gasteiger partial charge in [0.25, 0.3) is 0 Å². The maximum atomic E-state index is 13.3. The molecule has 0 unspecified atom stereocenters. The van der Waals surface area contributed by atoms with Crippen molar-refractivity contribution in [1.29, 1.82) is 0 Å². The molecule has 0 aromatic heterocycles. The van der Waals surface area contributed by atoms with E-state index in [2.05, 4.69) is 5.32 Å². The number of halogens is 2. The molecule has 1 amide bonds. The van der Waals surface area contributed by atoms with E-state index in [1.54, 1.807) is 13.8 Å². The van der Waals surface area contributed by atoms with Crippen molar-refractivity contribution < 1.29 is 9.18 Å². The van der Waals surface area contributed by atoms with Crippen molar-refractivity contribution in [3.63, 3.8) is 0 Å². The highest BCUT2D eigenvalue weighted by molar-refractivity contribution is 6.30. The van der Waals surface area contributed by atoms with Gasteiger partial charge in [-0.25, -0.2) is 4.39 Å². The molecule has 0 atom stereocenters. The second-order valence-corrected chi connectivity index (χ2v) is 4.60. The molecule has 0 aliphatic heterocycles. The lowest BCUT2D eigenvalue weighted by Crippen LogP contribution is -2.37. The second kappa shape index (κ2) is 4.80. The first-order valence-corrected chi connectivity index (χ1v) is 5.21. The van der Waals surface area contributed by atoms with E-state index in [1.807, 2.05) is 0 Å². The molecule has 5 heteroatoms. The Hall–Kier alpha value is -1.13. The fraction of sp³-hybridized carbons (Fsp3) is 0.364. The first-order valence-electron chi connectivity index (χ1n) is 4.83. The van der Waals surface area contributed by atoms with Crippen LogP contribution in [0.25, 0.3) is 0 Å². The first-order chi connectivity index (χ1) is 7.36. The number of nitrogens with one attached hydrogen (secondary N) is 1. The van der Waals surface area contributed by atoms with Gasteiger partial charge in [-0.05, 0) is 32.0 Å². The topological polar surface area (TPSA) is 55.1 Å². The Morgan fingerprint density at radius 1 is 1.56 bits per heavy atom. The van der Waals surface area contributed by atoms with Crippen molar-refractivity contribution in [2.24, 2.45) is 11.1 Å². The smallest absolute Gasteiger partial charge is 0.231 e. The van der Waals surface area contributed by atoms with E-state index in [9.17, 15) is 9.18 Å². The molecule has 0 fully saturated rings. The summed E-state index contributed by atoms with van der Waals surface area (Å²) in [5.41, 5.74) is 4.78. The van der Waals surface area contributed by atoms with Gasteiger partial charge >= 0.3 is 0 Å². The Morgan fingerprint density at radius 2 is 2.19 bits per heavy atom. The molecule has 0 bridgehead atoms. The fourth-order valence-corrected chi connectivity index (χ4v) is 1.15. The summed E-state index contributed by atoms with van der Waals surface area (Å²) in [4.78, 5) is 11.7. The number of hydrogen-bond acceptors (Lipinski definition) is 2. The summed E-state index contributed by atoms with van der Waals surface area (Å²) in [6, 6.07) is 3.98. The predicted molar refractivity (Wildman–Crippen MR) is 62.9 cm³/mol. The van der Waals surface area contributed by atoms with Gasteiger partial charge in [-0.1, -0.05) is 11.6 Å². The molecule has 0 radical (unpaired) electrons. The quantitative estimate of drug-likeness (QED) is 0.858. The minimum absolute atomic E-state index is 0.0685. The largest absolute Gasteiger partial charge is 0.329 e. The molecular formula is C11H14ClFN2O. The SMILES string of the molecule is CC(C)(CN)C(=O)Nc1cc(Cl)ccc1F. The van der Waals surface area contributed by atoms with E-state index in [1.165, 1.54) is 18.2 Å². The van der Waals surface area contributed by atoms with E-state index in [-0.39, 0.29) is 18.1 Å². The van der Waals surface area contributed by atoms with Crippen LogP contribution in [0.1, 0.15) is 13.8 Å². The molecule has 88 valence electrons. The molecule has 0 saturated heterocycles. The average molecular weight is 245 g/mol. The highest BCUT2D eigenvalue weighted by atomic mass is 35.5. The lowest BCUT2D eigenvalue weighted by atomic mass is 9.92. The predicted octanol–water partition coefficient (Wildman–Crippen LogP) is 2.40. The standard InChI is InChI=1S/C11H14ClFN2O/c1-11(2,6-14)10(16)15-9-5-7(12)3-4-8(9)13/h3-5H,6,14H2,1-2H3,(H,15,16). The average Bonchev–Trinajstić information content (AvgIpc) is 2.23. The number of hydrogen-bond donors (Lipinski definition) is 2. The van der Waals surface area contributed by atoms with Crippen LogP contribution in [0.4, 0.5) is 10.1 Å². The summed E-state index contributed by atoms with van der Waals surface area (Å²) in [6.07, 6.45) is 0. The zero-order chi connectivity index (χ0) is 12.3. The molecule has 0 spiro atoms. The molecule has 1 rings (SSSR count). The normalized spacial score (nSPS) is 11.3. The molecule has 0 aliphatic rings. The third kappa shape index (κ3) is 2.93. The highest BCUT2D eigenvalue weighted by Gasteiger charge is 2.26. The van der Waals surface area contributed by atoms with Gasteiger partial charge in [0.05, 0.1) is 11.1 Å². The monoisotopic (exact) mass is 244 g/mol. The maximum Gasteiger partial charge on any atom is 0.231 e. The number of benzene rings is 1. The van der Waals surface area contributed by atoms with Gasteiger partial charge < -0.3 is 11.1 Å². The summed E-state index contributed by atoms with van der Waals surface area (Å²) in [5.74, 6) is -0.860. The van der Waals surface area contributed by atoms with Crippen LogP contribution in [0.5, 0.6) is 0 Å². The zero-order valence-corrected chi connectivity index (χ0v) is 9.94. The van der Waals surface area contributed by atoms with E-state index < -0.39 is 11.2 Å². The number of nitrogens with two attached hydrogens (primary N) is 1. The molecular weight excluding hydrogens is 231 g/mol. The molecule has 1 aromatic carbocycles. The van der Waals surface area contributed by atoms with Crippen LogP contribution in [0.15, 0.2) is 18.2 Å². The molecule has 3 nitrogen and oxygen atoms in total. The second-order valence-electron chi connectivity index (χ2n) is 4.17. The molecule has 16 heavy (non-hydrogen) atoms. The van der Waals surface area contributed by atoms with Crippen molar-refractivity contribution in [2.45, 2.75) is 13.8 Å². The van der Waals surface area contributed by atoms with Gasteiger partial charge in [-0.3, -0.25) is 4.79 Å². The summed E-state index contributed by atoms with van der Waals surface area (Å²) >= 11 is 5.71. The first kappa shape index (κ1) is 12.9. The van der Waals surface area contributed by atoms with Gasteiger partial charge in [0.15, 0.2) is 0 Å². The maximum absolute atomic E-state index is 13.3. The van der Waals surface area contributed by atoms with Crippen LogP contribution < -0.4 is 11.1 Å². The van der Waals surface area contributed by atoms with Crippen molar-refractivity contribution in [3.8, 4) is 0 Å². The van der Waals surface area contributed by atoms with E-state index in [0.29, 0.717) is 5.02 Å². The van der Waals surface area contributed by atoms with E-state index in [0.717, 1.165) is 0 Å². The molecule has 3 N–H and O–H groups in total. The minimum atomic E-state index is -0.741. The summed E-state index contributed by atoms with van der Waals surface area (Å²) in [7, 11) is 0. The van der Waals surface area contributed by atoms with Crippen LogP contribution in [0.3, 0.4) is 0 Å². The minimum Gasteiger partial charge on any atom is -0.329 e. The van der Waals surface area contributed by atoms with Crippen LogP contribution in [-0.4, -0.2) is 12.5 Å². The van der Waals surface area contributed by atoms with Crippen LogP contribution in [0.2, 0.25) is 5.02 Å². The summed E-state index contributed by atoms with van der Waals surface area (Å²) in [6.45, 7) is 3.55. The van der Waals surface area contributed by atoms with Gasteiger partial charge in [0, 0.05) is 11.6 Å². The van der Waals surface area contributed by atoms with Gasteiger partial charge in [-0.2, -0.15) is 0 Å². The Labute approximate surface area is 98.8 Å². The summed E-state index contributed by atoms with van der Waals surface area (Å²) in [5, 5.41) is 2.83. The van der Waals surface area contributed by atoms with Crippen molar-refractivity contribution in [1.82, 2.24) is 0 Å². The number of carbonyl (C=O) groups is 1. The molecule has 0 saturated carbocycles. The number of rotatable bonds is 3. The van der Waals surface area contributed by atoms with E-state index in [4.69, 9.17) is 17.3 Å². The molecule has 1 aromatic rings. The third-order valence-electron chi connectivity index (χ3n) is 2.30. The fourth-order valence-electron chi connectivity index (χ4n) is 0.977. The molecule has 0 aliphatic carbocycles. The number of anilines is 1. The Morgan fingerprint density at radius 3 is 2.75 bits per heavy atom. The van der Waals surface area contributed by atoms with Crippen molar-refractivity contribution in [3.05, 3.63) is 29.0 Å². The van der Waals surface area contributed by atoms with Crippen LogP contribution in [-0.2, 0) is 4.79 Å². The number of amides is 1. The van der Waals surface area contributed by atoms with Gasteiger partial charge in [0.1, 0.15) is 5.82 Å². The zero-order valence-electron chi connectivity index (χ0n) is 9.18. The lowest BCUT2D eigenvalue weighted by Gasteiger charge is -2.21. The van der Waals surface area contributed by atoms with Crippen LogP contribution >= 0.6 is 11.6 Å². The lowest BCUT2D eigenvalue weighted by molar-refractivity contribution is -0.123. The third-order valence-corrected chi connectivity index (χ3v) is 2.54. The Balaban J connectivity index is 2.89. The van der Waals surface area contributed by atoms with Crippen molar-refractivity contribution >= 4 is 23.2 Å². The Bertz CT molecular complexity index is 407. The highest BCUT2D eigenvalue weighted by Crippen LogP contribution is 2.22. The summed E-state index contributed by atoms with van der Waals surface area (Å²) < 4.78 is 13.3.